The Bertz CT molecular complexity index is 1380. The third-order valence-electron chi connectivity index (χ3n) is 5.78. The highest BCUT2D eigenvalue weighted by Crippen LogP contribution is 2.21. The van der Waals surface area contributed by atoms with Crippen LogP contribution in [0.15, 0.2) is 71.5 Å². The zero-order valence-electron chi connectivity index (χ0n) is 18.9. The van der Waals surface area contributed by atoms with Gasteiger partial charge in [0.05, 0.1) is 17.7 Å². The Morgan fingerprint density at radius 3 is 2.36 bits per heavy atom. The molecule has 0 fully saturated rings. The highest BCUT2D eigenvalue weighted by atomic mass is 19.1. The van der Waals surface area contributed by atoms with Crippen LogP contribution in [0.1, 0.15) is 27.8 Å². The Kier molecular flexibility index (Phi) is 6.27. The number of fused-ring (bicyclic) bond motifs is 1. The van der Waals surface area contributed by atoms with E-state index in [-0.39, 0.29) is 24.3 Å². The van der Waals surface area contributed by atoms with Gasteiger partial charge in [-0.3, -0.25) is 4.79 Å². The van der Waals surface area contributed by atoms with Gasteiger partial charge >= 0.3 is 6.03 Å². The zero-order chi connectivity index (χ0) is 23.5. The molecule has 33 heavy (non-hydrogen) atoms. The molecule has 168 valence electrons. The van der Waals surface area contributed by atoms with Crippen LogP contribution in [0.3, 0.4) is 0 Å². The first-order valence-corrected chi connectivity index (χ1v) is 10.8. The second-order valence-corrected chi connectivity index (χ2v) is 8.36. The van der Waals surface area contributed by atoms with Gasteiger partial charge in [0.15, 0.2) is 0 Å². The number of halogens is 1. The summed E-state index contributed by atoms with van der Waals surface area (Å²) >= 11 is 0. The number of urea groups is 1. The van der Waals surface area contributed by atoms with Crippen LogP contribution in [0, 0.1) is 26.6 Å². The van der Waals surface area contributed by atoms with Gasteiger partial charge in [-0.05, 0) is 55.7 Å². The maximum Gasteiger partial charge on any atom is 0.322 e. The number of hydrogen-bond acceptors (Lipinski definition) is 2. The summed E-state index contributed by atoms with van der Waals surface area (Å²) < 4.78 is 14.1. The molecule has 0 saturated heterocycles. The number of anilines is 1. The Balaban J connectivity index is 1.69. The number of para-hydroxylation sites is 1. The third-order valence-corrected chi connectivity index (χ3v) is 5.78. The fourth-order valence-electron chi connectivity index (χ4n) is 3.81. The molecule has 4 aromatic rings. The van der Waals surface area contributed by atoms with E-state index in [1.54, 1.807) is 12.1 Å². The predicted molar refractivity (Wildman–Crippen MR) is 130 cm³/mol. The molecule has 3 aromatic carbocycles. The molecule has 0 radical (unpaired) electrons. The quantitative estimate of drug-likeness (QED) is 0.408. The lowest BCUT2D eigenvalue weighted by molar-refractivity contribution is 0.206. The topological polar surface area (TPSA) is 65.2 Å². The summed E-state index contributed by atoms with van der Waals surface area (Å²) in [6.45, 7) is 6.27. The number of benzene rings is 3. The van der Waals surface area contributed by atoms with Gasteiger partial charge in [-0.15, -0.1) is 0 Å². The molecule has 2 N–H and O–H groups in total. The van der Waals surface area contributed by atoms with Crippen molar-refractivity contribution in [3.05, 3.63) is 111 Å². The van der Waals surface area contributed by atoms with Gasteiger partial charge in [0.1, 0.15) is 5.82 Å². The standard InChI is InChI=1S/C27H26FN3O2/c1-17-8-12-20(13-9-17)15-31(27(33)29-24-7-5-4-6-23(24)28)16-21-14-22-18(2)10-11-19(3)25(22)30-26(21)32/h4-14H,15-16H2,1-3H3,(H,29,33)(H,30,32). The van der Waals surface area contributed by atoms with Crippen LogP contribution in [-0.2, 0) is 13.1 Å². The molecule has 0 aliphatic heterocycles. The van der Waals surface area contributed by atoms with Crippen molar-refractivity contribution in [2.75, 3.05) is 5.32 Å². The van der Waals surface area contributed by atoms with Gasteiger partial charge in [0, 0.05) is 17.5 Å². The van der Waals surface area contributed by atoms with Crippen molar-refractivity contribution in [2.45, 2.75) is 33.9 Å². The molecule has 0 saturated carbocycles. The molecule has 0 aliphatic rings. The summed E-state index contributed by atoms with van der Waals surface area (Å²) in [6.07, 6.45) is 0. The van der Waals surface area contributed by atoms with Crippen molar-refractivity contribution in [3.63, 3.8) is 0 Å². The highest BCUT2D eigenvalue weighted by Gasteiger charge is 2.19. The minimum absolute atomic E-state index is 0.0762. The van der Waals surface area contributed by atoms with Gasteiger partial charge in [0.25, 0.3) is 5.56 Å². The van der Waals surface area contributed by atoms with Gasteiger partial charge in [-0.1, -0.05) is 54.1 Å². The first-order valence-electron chi connectivity index (χ1n) is 10.8. The molecule has 0 spiro atoms. The van der Waals surface area contributed by atoms with Crippen LogP contribution in [0.2, 0.25) is 0 Å². The van der Waals surface area contributed by atoms with Crippen molar-refractivity contribution >= 4 is 22.6 Å². The Hall–Kier alpha value is -3.93. The number of H-pyrrole nitrogens is 1. The average Bonchev–Trinajstić information content (AvgIpc) is 2.79. The van der Waals surface area contributed by atoms with Gasteiger partial charge in [0.2, 0.25) is 0 Å². The summed E-state index contributed by atoms with van der Waals surface area (Å²) in [4.78, 5) is 30.5. The maximum absolute atomic E-state index is 14.1. The van der Waals surface area contributed by atoms with Crippen molar-refractivity contribution < 1.29 is 9.18 Å². The largest absolute Gasteiger partial charge is 0.322 e. The highest BCUT2D eigenvalue weighted by molar-refractivity contribution is 5.89. The number of nitrogens with zero attached hydrogens (tertiary/aromatic N) is 1. The van der Waals surface area contributed by atoms with E-state index in [0.717, 1.165) is 33.2 Å². The Morgan fingerprint density at radius 2 is 1.64 bits per heavy atom. The molecule has 2 amide bonds. The van der Waals surface area contributed by atoms with Crippen molar-refractivity contribution in [1.29, 1.82) is 0 Å². The van der Waals surface area contributed by atoms with Crippen LogP contribution in [0.5, 0.6) is 0 Å². The predicted octanol–water partition coefficient (Wildman–Crippen LogP) is 5.83. The number of rotatable bonds is 5. The zero-order valence-corrected chi connectivity index (χ0v) is 18.9. The van der Waals surface area contributed by atoms with E-state index in [4.69, 9.17) is 0 Å². The Morgan fingerprint density at radius 1 is 0.939 bits per heavy atom. The monoisotopic (exact) mass is 443 g/mol. The number of amides is 2. The summed E-state index contributed by atoms with van der Waals surface area (Å²) in [7, 11) is 0. The fraction of sp³-hybridized carbons (Fsp3) is 0.185. The first-order chi connectivity index (χ1) is 15.8. The van der Waals surface area contributed by atoms with Crippen LogP contribution < -0.4 is 10.9 Å². The van der Waals surface area contributed by atoms with Gasteiger partial charge in [-0.2, -0.15) is 0 Å². The smallest absolute Gasteiger partial charge is 0.321 e. The van der Waals surface area contributed by atoms with Crippen molar-refractivity contribution in [2.24, 2.45) is 0 Å². The number of carbonyl (C=O) groups is 1. The maximum atomic E-state index is 14.1. The second kappa shape index (κ2) is 9.28. The van der Waals surface area contributed by atoms with Crippen LogP contribution >= 0.6 is 0 Å². The Labute approximate surface area is 191 Å². The number of pyridine rings is 1. The summed E-state index contributed by atoms with van der Waals surface area (Å²) in [5.74, 6) is -0.518. The lowest BCUT2D eigenvalue weighted by Gasteiger charge is -2.24. The minimum Gasteiger partial charge on any atom is -0.321 e. The fourth-order valence-corrected chi connectivity index (χ4v) is 3.81. The van der Waals surface area contributed by atoms with Crippen molar-refractivity contribution in [1.82, 2.24) is 9.88 Å². The average molecular weight is 444 g/mol. The molecule has 1 heterocycles. The molecule has 0 aliphatic carbocycles. The molecule has 0 bridgehead atoms. The van der Waals surface area contributed by atoms with Gasteiger partial charge < -0.3 is 15.2 Å². The summed E-state index contributed by atoms with van der Waals surface area (Å²) in [5.41, 5.74) is 5.14. The van der Waals surface area contributed by atoms with Crippen molar-refractivity contribution in [3.8, 4) is 0 Å². The molecule has 5 nitrogen and oxygen atoms in total. The number of carbonyl (C=O) groups excluding carboxylic acids is 1. The van der Waals surface area contributed by atoms with Crippen LogP contribution in [0.4, 0.5) is 14.9 Å². The molecule has 4 rings (SSSR count). The molecular weight excluding hydrogens is 417 g/mol. The normalized spacial score (nSPS) is 10.9. The lowest BCUT2D eigenvalue weighted by Crippen LogP contribution is -2.36. The van der Waals surface area contributed by atoms with E-state index >= 15 is 0 Å². The van der Waals surface area contributed by atoms with Gasteiger partial charge in [-0.25, -0.2) is 9.18 Å². The van der Waals surface area contributed by atoms with E-state index < -0.39 is 11.8 Å². The van der Waals surface area contributed by atoms with E-state index in [9.17, 15) is 14.0 Å². The molecule has 6 heteroatoms. The van der Waals surface area contributed by atoms with E-state index in [1.807, 2.05) is 63.2 Å². The minimum atomic E-state index is -0.518. The number of aromatic amines is 1. The molecular formula is C27H26FN3O2. The summed E-state index contributed by atoms with van der Waals surface area (Å²) in [5, 5.41) is 3.58. The molecule has 0 unspecified atom stereocenters. The number of aryl methyl sites for hydroxylation is 3. The lowest BCUT2D eigenvalue weighted by atomic mass is 10.0. The number of hydrogen-bond donors (Lipinski definition) is 2. The third kappa shape index (κ3) is 4.95. The van der Waals surface area contributed by atoms with Crippen LogP contribution in [0.25, 0.3) is 10.9 Å². The van der Waals surface area contributed by atoms with E-state index in [0.29, 0.717) is 5.56 Å². The number of nitrogens with one attached hydrogen (secondary N) is 2. The van der Waals surface area contributed by atoms with E-state index in [1.165, 1.54) is 17.0 Å². The summed E-state index contributed by atoms with van der Waals surface area (Å²) in [6, 6.07) is 19.2. The second-order valence-electron chi connectivity index (χ2n) is 8.36. The SMILES string of the molecule is Cc1ccc(CN(Cc2cc3c(C)ccc(C)c3[nH]c2=O)C(=O)Nc2ccccc2F)cc1. The first kappa shape index (κ1) is 22.3. The number of aromatic nitrogens is 1. The molecule has 1 aromatic heterocycles. The van der Waals surface area contributed by atoms with Crippen LogP contribution in [-0.4, -0.2) is 15.9 Å². The van der Waals surface area contributed by atoms with E-state index in [2.05, 4.69) is 10.3 Å². The molecule has 0 atom stereocenters.